The maximum Gasteiger partial charge on any atom is 0.266 e. The zero-order valence-corrected chi connectivity index (χ0v) is 18.6. The van der Waals surface area contributed by atoms with Gasteiger partial charge in [-0.15, -0.1) is 11.3 Å². The van der Waals surface area contributed by atoms with Crippen molar-refractivity contribution >= 4 is 39.7 Å². The van der Waals surface area contributed by atoms with E-state index in [0.29, 0.717) is 28.5 Å². The van der Waals surface area contributed by atoms with E-state index >= 15 is 0 Å². The number of aryl methyl sites for hydroxylation is 2. The standard InChI is InChI=1S/C23H27N3O4S/c1-3-10-24-22(29)20-14-6-4-5-7-18(14)31-23(20)26-19(27)12-17-21(28)25-15-11-13(2)8-9-16(15)30-17/h8-9,11,17H,3-7,10,12H2,1-2H3,(H,24,29)(H,25,28)(H,26,27). The van der Waals surface area contributed by atoms with E-state index in [0.717, 1.165) is 43.2 Å². The number of thiophene rings is 1. The van der Waals surface area contributed by atoms with Crippen LogP contribution in [0.3, 0.4) is 0 Å². The van der Waals surface area contributed by atoms with Crippen molar-refractivity contribution < 1.29 is 19.1 Å². The summed E-state index contributed by atoms with van der Waals surface area (Å²) in [5.41, 5.74) is 3.25. The molecule has 1 unspecified atom stereocenters. The number of carbonyl (C=O) groups excluding carboxylic acids is 3. The number of nitrogens with one attached hydrogen (secondary N) is 3. The van der Waals surface area contributed by atoms with Crippen LogP contribution in [-0.4, -0.2) is 30.4 Å². The van der Waals surface area contributed by atoms with Crippen LogP contribution in [0.1, 0.15) is 59.0 Å². The van der Waals surface area contributed by atoms with Gasteiger partial charge in [-0.3, -0.25) is 14.4 Å². The normalized spacial score (nSPS) is 17.1. The molecule has 0 radical (unpaired) electrons. The number of amides is 3. The molecule has 2 heterocycles. The molecule has 1 aromatic carbocycles. The smallest absolute Gasteiger partial charge is 0.266 e. The van der Waals surface area contributed by atoms with E-state index in [4.69, 9.17) is 4.74 Å². The van der Waals surface area contributed by atoms with E-state index in [9.17, 15) is 14.4 Å². The van der Waals surface area contributed by atoms with Crippen LogP contribution in [0.2, 0.25) is 0 Å². The monoisotopic (exact) mass is 441 g/mol. The zero-order chi connectivity index (χ0) is 22.0. The number of hydrogen-bond donors (Lipinski definition) is 3. The molecule has 3 N–H and O–H groups in total. The van der Waals surface area contributed by atoms with Crippen molar-refractivity contribution in [1.29, 1.82) is 0 Å². The zero-order valence-electron chi connectivity index (χ0n) is 17.8. The Morgan fingerprint density at radius 3 is 2.87 bits per heavy atom. The molecule has 1 aliphatic heterocycles. The van der Waals surface area contributed by atoms with Gasteiger partial charge in [0, 0.05) is 11.4 Å². The van der Waals surface area contributed by atoms with Crippen molar-refractivity contribution in [2.45, 2.75) is 58.5 Å². The van der Waals surface area contributed by atoms with E-state index in [1.165, 1.54) is 16.2 Å². The fourth-order valence-corrected chi connectivity index (χ4v) is 5.27. The van der Waals surface area contributed by atoms with Crippen molar-refractivity contribution in [3.8, 4) is 5.75 Å². The third-order valence-corrected chi connectivity index (χ3v) is 6.72. The highest BCUT2D eigenvalue weighted by Gasteiger charge is 2.31. The first-order valence-corrected chi connectivity index (χ1v) is 11.6. The van der Waals surface area contributed by atoms with Crippen molar-refractivity contribution in [3.63, 3.8) is 0 Å². The van der Waals surface area contributed by atoms with Crippen LogP contribution in [0.25, 0.3) is 0 Å². The summed E-state index contributed by atoms with van der Waals surface area (Å²) in [5, 5.41) is 9.19. The second-order valence-corrected chi connectivity index (χ2v) is 9.12. The Morgan fingerprint density at radius 1 is 1.26 bits per heavy atom. The molecule has 2 aliphatic rings. The summed E-state index contributed by atoms with van der Waals surface area (Å²) < 4.78 is 5.77. The van der Waals surface area contributed by atoms with Gasteiger partial charge in [0.2, 0.25) is 5.91 Å². The van der Waals surface area contributed by atoms with Gasteiger partial charge in [-0.25, -0.2) is 0 Å². The lowest BCUT2D eigenvalue weighted by Gasteiger charge is -2.25. The van der Waals surface area contributed by atoms with Crippen LogP contribution in [0.5, 0.6) is 5.75 Å². The van der Waals surface area contributed by atoms with Crippen molar-refractivity contribution in [3.05, 3.63) is 39.8 Å². The van der Waals surface area contributed by atoms with Crippen LogP contribution in [0, 0.1) is 6.92 Å². The van der Waals surface area contributed by atoms with Crippen LogP contribution in [-0.2, 0) is 22.4 Å². The fraction of sp³-hybridized carbons (Fsp3) is 0.435. The molecule has 0 bridgehead atoms. The molecule has 4 rings (SSSR count). The molecule has 2 aromatic rings. The van der Waals surface area contributed by atoms with E-state index in [1.54, 1.807) is 6.07 Å². The first-order chi connectivity index (χ1) is 15.0. The van der Waals surface area contributed by atoms with Crippen LogP contribution >= 0.6 is 11.3 Å². The molecular weight excluding hydrogens is 414 g/mol. The summed E-state index contributed by atoms with van der Waals surface area (Å²) in [5.74, 6) is -0.291. The van der Waals surface area contributed by atoms with E-state index < -0.39 is 6.10 Å². The topological polar surface area (TPSA) is 96.5 Å². The number of fused-ring (bicyclic) bond motifs is 2. The molecule has 8 heteroatoms. The lowest BCUT2D eigenvalue weighted by Crippen LogP contribution is -2.39. The Hall–Kier alpha value is -2.87. The molecule has 0 saturated heterocycles. The Bertz CT molecular complexity index is 1030. The number of benzene rings is 1. The number of rotatable bonds is 6. The van der Waals surface area contributed by atoms with E-state index in [2.05, 4.69) is 16.0 Å². The average Bonchev–Trinajstić information content (AvgIpc) is 3.10. The number of anilines is 2. The number of carbonyl (C=O) groups is 3. The molecule has 7 nitrogen and oxygen atoms in total. The summed E-state index contributed by atoms with van der Waals surface area (Å²) in [6, 6.07) is 5.52. The minimum absolute atomic E-state index is 0.127. The first kappa shape index (κ1) is 21.4. The highest BCUT2D eigenvalue weighted by atomic mass is 32.1. The summed E-state index contributed by atoms with van der Waals surface area (Å²) in [6.45, 7) is 4.52. The molecule has 1 aromatic heterocycles. The van der Waals surface area contributed by atoms with Crippen LogP contribution < -0.4 is 20.7 Å². The maximum atomic E-state index is 12.8. The van der Waals surface area contributed by atoms with Gasteiger partial charge >= 0.3 is 0 Å². The Balaban J connectivity index is 1.49. The van der Waals surface area contributed by atoms with Crippen LogP contribution in [0.15, 0.2) is 18.2 Å². The molecule has 0 spiro atoms. The maximum absolute atomic E-state index is 12.8. The van der Waals surface area contributed by atoms with E-state index in [1.807, 2.05) is 26.0 Å². The van der Waals surface area contributed by atoms with Gasteiger partial charge in [0.05, 0.1) is 17.7 Å². The van der Waals surface area contributed by atoms with Gasteiger partial charge in [0.15, 0.2) is 6.10 Å². The van der Waals surface area contributed by atoms with Crippen molar-refractivity contribution in [1.82, 2.24) is 5.32 Å². The van der Waals surface area contributed by atoms with Gasteiger partial charge in [-0.2, -0.15) is 0 Å². The van der Waals surface area contributed by atoms with Gasteiger partial charge in [0.1, 0.15) is 10.8 Å². The minimum Gasteiger partial charge on any atom is -0.478 e. The number of hydrogen-bond acceptors (Lipinski definition) is 5. The lowest BCUT2D eigenvalue weighted by molar-refractivity contribution is -0.128. The Morgan fingerprint density at radius 2 is 2.06 bits per heavy atom. The minimum atomic E-state index is -0.915. The van der Waals surface area contributed by atoms with Gasteiger partial charge in [0.25, 0.3) is 11.8 Å². The predicted octanol–water partition coefficient (Wildman–Crippen LogP) is 3.80. The average molecular weight is 442 g/mol. The highest BCUT2D eigenvalue weighted by Crippen LogP contribution is 2.38. The Labute approximate surface area is 185 Å². The fourth-order valence-electron chi connectivity index (χ4n) is 3.97. The summed E-state index contributed by atoms with van der Waals surface area (Å²) in [6.07, 6.45) is 3.70. The molecule has 1 aliphatic carbocycles. The largest absolute Gasteiger partial charge is 0.478 e. The summed E-state index contributed by atoms with van der Waals surface area (Å²) >= 11 is 1.47. The third-order valence-electron chi connectivity index (χ3n) is 5.51. The SMILES string of the molecule is CCCNC(=O)c1c(NC(=O)CC2Oc3ccc(C)cc3NC2=O)sc2c1CCCC2. The second-order valence-electron chi connectivity index (χ2n) is 8.02. The molecule has 1 atom stereocenters. The van der Waals surface area contributed by atoms with Gasteiger partial charge < -0.3 is 20.7 Å². The second kappa shape index (κ2) is 9.09. The summed E-state index contributed by atoms with van der Waals surface area (Å²) in [7, 11) is 0. The number of ether oxygens (including phenoxy) is 1. The molecular formula is C23H27N3O4S. The molecule has 0 fully saturated rings. The molecule has 164 valence electrons. The molecule has 31 heavy (non-hydrogen) atoms. The van der Waals surface area contributed by atoms with E-state index in [-0.39, 0.29) is 24.1 Å². The lowest BCUT2D eigenvalue weighted by atomic mass is 9.95. The Kier molecular flexibility index (Phi) is 6.27. The van der Waals surface area contributed by atoms with Gasteiger partial charge in [-0.1, -0.05) is 13.0 Å². The highest BCUT2D eigenvalue weighted by molar-refractivity contribution is 7.17. The predicted molar refractivity (Wildman–Crippen MR) is 121 cm³/mol. The quantitative estimate of drug-likeness (QED) is 0.635. The third kappa shape index (κ3) is 4.58. The van der Waals surface area contributed by atoms with Crippen LogP contribution in [0.4, 0.5) is 10.7 Å². The van der Waals surface area contributed by atoms with Gasteiger partial charge in [-0.05, 0) is 62.3 Å². The summed E-state index contributed by atoms with van der Waals surface area (Å²) in [4.78, 5) is 39.2. The first-order valence-electron chi connectivity index (χ1n) is 10.8. The van der Waals surface area contributed by atoms with Crippen molar-refractivity contribution in [2.75, 3.05) is 17.2 Å². The molecule has 3 amide bonds. The van der Waals surface area contributed by atoms with Crippen molar-refractivity contribution in [2.24, 2.45) is 0 Å². The molecule has 0 saturated carbocycles.